The van der Waals surface area contributed by atoms with Crippen molar-refractivity contribution in [3.05, 3.63) is 0 Å². The number of ether oxygens (including phenoxy) is 1. The van der Waals surface area contributed by atoms with Crippen LogP contribution in [0.4, 0.5) is 0 Å². The molecule has 1 saturated heterocycles. The van der Waals surface area contributed by atoms with Crippen molar-refractivity contribution in [2.75, 3.05) is 0 Å². The van der Waals surface area contributed by atoms with Gasteiger partial charge in [-0.2, -0.15) is 0 Å². The number of hydrogen-bond acceptors (Lipinski definition) is 3. The third-order valence-corrected chi connectivity index (χ3v) is 9.64. The number of carbonyl (C=O) groups excluding carboxylic acids is 2. The van der Waals surface area contributed by atoms with Crippen LogP contribution in [0.15, 0.2) is 0 Å². The summed E-state index contributed by atoms with van der Waals surface area (Å²) >= 11 is 0. The fourth-order valence-electron chi connectivity index (χ4n) is 7.94. The van der Waals surface area contributed by atoms with Gasteiger partial charge in [0.15, 0.2) is 0 Å². The summed E-state index contributed by atoms with van der Waals surface area (Å²) in [4.78, 5) is 24.5. The summed E-state index contributed by atoms with van der Waals surface area (Å²) < 4.78 is 5.98. The number of hydrogen-bond donors (Lipinski definition) is 1. The van der Waals surface area contributed by atoms with Crippen molar-refractivity contribution in [3.8, 4) is 0 Å². The lowest BCUT2D eigenvalue weighted by Gasteiger charge is -2.60. The summed E-state index contributed by atoms with van der Waals surface area (Å²) in [5, 5.41) is 3.33. The van der Waals surface area contributed by atoms with Crippen molar-refractivity contribution >= 4 is 11.9 Å². The van der Waals surface area contributed by atoms with Crippen LogP contribution in [0.1, 0.15) is 92.9 Å². The Kier molecular flexibility index (Phi) is 5.10. The molecule has 4 fully saturated rings. The quantitative estimate of drug-likeness (QED) is 0.653. The Bertz CT molecular complexity index is 682. The van der Waals surface area contributed by atoms with Gasteiger partial charge >= 0.3 is 5.97 Å². The van der Waals surface area contributed by atoms with Gasteiger partial charge in [-0.05, 0) is 101 Å². The molecule has 0 bridgehead atoms. The fourth-order valence-corrected chi connectivity index (χ4v) is 7.94. The first-order chi connectivity index (χ1) is 13.5. The number of fused-ring (bicyclic) bond motifs is 5. The molecule has 1 heterocycles. The highest BCUT2D eigenvalue weighted by molar-refractivity contribution is 5.77. The van der Waals surface area contributed by atoms with Gasteiger partial charge < -0.3 is 10.1 Å². The molecule has 2 unspecified atom stereocenters. The molecule has 4 nitrogen and oxygen atoms in total. The normalized spacial score (nSPS) is 45.4. The number of amides is 1. The number of rotatable bonds is 2. The molecule has 0 radical (unpaired) electrons. The van der Waals surface area contributed by atoms with Crippen molar-refractivity contribution < 1.29 is 14.3 Å². The van der Waals surface area contributed by atoms with Crippen LogP contribution in [-0.4, -0.2) is 24.0 Å². The molecule has 4 rings (SSSR count). The van der Waals surface area contributed by atoms with Crippen molar-refractivity contribution in [2.24, 2.45) is 39.9 Å². The van der Waals surface area contributed by atoms with Gasteiger partial charge in [0.05, 0.1) is 5.41 Å². The lowest BCUT2D eigenvalue weighted by molar-refractivity contribution is -0.165. The van der Waals surface area contributed by atoms with Crippen LogP contribution in [0.3, 0.4) is 0 Å². The van der Waals surface area contributed by atoms with E-state index in [1.165, 1.54) is 32.1 Å². The minimum atomic E-state index is -0.441. The molecule has 0 aromatic rings. The third kappa shape index (κ3) is 3.33. The van der Waals surface area contributed by atoms with Gasteiger partial charge in [0.1, 0.15) is 6.10 Å². The van der Waals surface area contributed by atoms with Crippen molar-refractivity contribution in [3.63, 3.8) is 0 Å². The lowest BCUT2D eigenvalue weighted by atomic mass is 9.47. The molecule has 29 heavy (non-hydrogen) atoms. The highest BCUT2D eigenvalue weighted by atomic mass is 16.5. The Balaban J connectivity index is 1.51. The van der Waals surface area contributed by atoms with Gasteiger partial charge in [-0.25, -0.2) is 0 Å². The van der Waals surface area contributed by atoms with E-state index in [9.17, 15) is 9.59 Å². The predicted molar refractivity (Wildman–Crippen MR) is 114 cm³/mol. The SMILES string of the molecule is CC(OC(=O)C(C)(C)C)[C@H]1CC[C@H]2[C@@H]3CCC4NC(=O)CC[C@]4(C)[C@H]3CC[C@]12C. The van der Waals surface area contributed by atoms with Crippen LogP contribution < -0.4 is 5.32 Å². The fraction of sp³-hybridized carbons (Fsp3) is 0.920. The highest BCUT2D eigenvalue weighted by Crippen LogP contribution is 2.66. The van der Waals surface area contributed by atoms with Crippen molar-refractivity contribution in [1.29, 1.82) is 0 Å². The van der Waals surface area contributed by atoms with E-state index in [1.807, 2.05) is 20.8 Å². The number of esters is 1. The molecule has 1 aliphatic heterocycles. The van der Waals surface area contributed by atoms with Crippen molar-refractivity contribution in [2.45, 2.75) is 105 Å². The second kappa shape index (κ2) is 6.99. The predicted octanol–water partition coefficient (Wildman–Crippen LogP) is 5.10. The summed E-state index contributed by atoms with van der Waals surface area (Å²) in [5.74, 6) is 2.87. The first-order valence-electron chi connectivity index (χ1n) is 12.0. The standard InChI is InChI=1S/C25H41NO3/c1-15(29-22(28)23(2,3)4)17-8-9-18-16-7-10-20-25(6,14-12-21(27)26-20)19(16)11-13-24(17,18)5/h15-20H,7-14H2,1-6H3,(H,26,27)/t15?,16-,17+,18-,19-,20?,24+,25+/m0/s1. The second-order valence-electron chi connectivity index (χ2n) is 12.2. The van der Waals surface area contributed by atoms with E-state index < -0.39 is 5.41 Å². The zero-order valence-electron chi connectivity index (χ0n) is 19.3. The van der Waals surface area contributed by atoms with Crippen LogP contribution in [0.25, 0.3) is 0 Å². The van der Waals surface area contributed by atoms with Gasteiger partial charge in [-0.15, -0.1) is 0 Å². The number of piperidine rings is 1. The first kappa shape index (κ1) is 21.2. The third-order valence-electron chi connectivity index (χ3n) is 9.64. The Hall–Kier alpha value is -1.06. The minimum absolute atomic E-state index is 0.00540. The molecular formula is C25H41NO3. The van der Waals surface area contributed by atoms with Crippen molar-refractivity contribution in [1.82, 2.24) is 5.32 Å². The molecule has 4 aliphatic rings. The average Bonchev–Trinajstić information content (AvgIpc) is 2.98. The minimum Gasteiger partial charge on any atom is -0.462 e. The van der Waals surface area contributed by atoms with Gasteiger partial charge in [0, 0.05) is 18.4 Å². The van der Waals surface area contributed by atoms with E-state index in [1.54, 1.807) is 0 Å². The molecule has 8 atom stereocenters. The molecule has 4 heteroatoms. The van der Waals surface area contributed by atoms with Crippen LogP contribution in [-0.2, 0) is 14.3 Å². The second-order valence-corrected chi connectivity index (χ2v) is 12.2. The monoisotopic (exact) mass is 403 g/mol. The maximum absolute atomic E-state index is 12.5. The largest absolute Gasteiger partial charge is 0.462 e. The molecule has 0 aromatic heterocycles. The smallest absolute Gasteiger partial charge is 0.311 e. The number of nitrogens with one attached hydrogen (secondary N) is 1. The lowest BCUT2D eigenvalue weighted by Crippen LogP contribution is -2.61. The van der Waals surface area contributed by atoms with E-state index in [4.69, 9.17) is 4.74 Å². The summed E-state index contributed by atoms with van der Waals surface area (Å²) in [6.45, 7) is 12.9. The zero-order valence-corrected chi connectivity index (χ0v) is 19.3. The van der Waals surface area contributed by atoms with Gasteiger partial charge in [0.25, 0.3) is 0 Å². The highest BCUT2D eigenvalue weighted by Gasteiger charge is 2.61. The van der Waals surface area contributed by atoms with E-state index >= 15 is 0 Å². The Morgan fingerprint density at radius 3 is 2.41 bits per heavy atom. The average molecular weight is 404 g/mol. The van der Waals surface area contributed by atoms with Crippen LogP contribution in [0.2, 0.25) is 0 Å². The van der Waals surface area contributed by atoms with E-state index in [0.29, 0.717) is 18.4 Å². The summed E-state index contributed by atoms with van der Waals surface area (Å²) in [5.41, 5.74) is 0.101. The van der Waals surface area contributed by atoms with Gasteiger partial charge in [-0.3, -0.25) is 9.59 Å². The Morgan fingerprint density at radius 2 is 1.72 bits per heavy atom. The molecular weight excluding hydrogens is 362 g/mol. The molecule has 3 aliphatic carbocycles. The molecule has 0 aromatic carbocycles. The molecule has 1 N–H and O–H groups in total. The first-order valence-corrected chi connectivity index (χ1v) is 12.0. The maximum Gasteiger partial charge on any atom is 0.311 e. The molecule has 1 amide bonds. The van der Waals surface area contributed by atoms with E-state index in [0.717, 1.165) is 30.6 Å². The summed E-state index contributed by atoms with van der Waals surface area (Å²) in [7, 11) is 0. The van der Waals surface area contributed by atoms with Crippen LogP contribution in [0, 0.1) is 39.9 Å². The van der Waals surface area contributed by atoms with Gasteiger partial charge in [0.2, 0.25) is 5.91 Å². The van der Waals surface area contributed by atoms with Crippen LogP contribution >= 0.6 is 0 Å². The van der Waals surface area contributed by atoms with Crippen LogP contribution in [0.5, 0.6) is 0 Å². The molecule has 164 valence electrons. The van der Waals surface area contributed by atoms with Gasteiger partial charge in [-0.1, -0.05) is 13.8 Å². The van der Waals surface area contributed by atoms with E-state index in [2.05, 4.69) is 26.1 Å². The van der Waals surface area contributed by atoms with E-state index in [-0.39, 0.29) is 28.8 Å². The summed E-state index contributed by atoms with van der Waals surface area (Å²) in [6.07, 6.45) is 9.07. The molecule has 0 spiro atoms. The topological polar surface area (TPSA) is 55.4 Å². The summed E-state index contributed by atoms with van der Waals surface area (Å²) in [6, 6.07) is 0.373. The maximum atomic E-state index is 12.5. The Morgan fingerprint density at radius 1 is 1.03 bits per heavy atom. The molecule has 3 saturated carbocycles. The zero-order chi connectivity index (χ0) is 21.2. The Labute approximate surface area is 176 Å². The number of carbonyl (C=O) groups is 2.